The molecule has 1 saturated heterocycles. The molecule has 6 nitrogen and oxygen atoms in total. The second kappa shape index (κ2) is 11.5. The first kappa shape index (κ1) is 25.6. The predicted octanol–water partition coefficient (Wildman–Crippen LogP) is 6.49. The molecule has 3 aromatic carbocycles. The van der Waals surface area contributed by atoms with E-state index < -0.39 is 5.97 Å². The summed E-state index contributed by atoms with van der Waals surface area (Å²) in [5, 5.41) is 15.3. The number of hydrogen-bond donors (Lipinski definition) is 3. The predicted molar refractivity (Wildman–Crippen MR) is 152 cm³/mol. The van der Waals surface area contributed by atoms with Gasteiger partial charge in [-0.1, -0.05) is 43.0 Å². The van der Waals surface area contributed by atoms with Crippen LogP contribution in [0.2, 0.25) is 0 Å². The molecule has 0 aromatic heterocycles. The van der Waals surface area contributed by atoms with Crippen molar-refractivity contribution in [2.24, 2.45) is 0 Å². The Morgan fingerprint density at radius 2 is 1.86 bits per heavy atom. The normalized spacial score (nSPS) is 16.3. The fraction of sp³-hybridized carbons (Fsp3) is 0.154. The summed E-state index contributed by atoms with van der Waals surface area (Å²) in [6.45, 7) is 2.42. The number of carboxylic acid groups (broad SMARTS) is 1. The molecule has 1 atom stereocenters. The lowest BCUT2D eigenvalue weighted by molar-refractivity contribution is -0.116. The van der Waals surface area contributed by atoms with Crippen LogP contribution in [0, 0.1) is 3.57 Å². The van der Waals surface area contributed by atoms with Gasteiger partial charge < -0.3 is 20.5 Å². The summed E-state index contributed by atoms with van der Waals surface area (Å²) in [4.78, 5) is 24.2. The molecular formula is C26H22BrIN2O4S. The number of anilines is 1. The Kier molecular flexibility index (Phi) is 8.40. The van der Waals surface area contributed by atoms with Crippen molar-refractivity contribution in [2.45, 2.75) is 25.4 Å². The van der Waals surface area contributed by atoms with E-state index in [1.807, 2.05) is 30.3 Å². The quantitative estimate of drug-likeness (QED) is 0.189. The molecule has 0 aliphatic carbocycles. The van der Waals surface area contributed by atoms with Crippen LogP contribution in [-0.2, 0) is 17.8 Å². The first-order chi connectivity index (χ1) is 16.8. The minimum Gasteiger partial charge on any atom is -0.487 e. The average molecular weight is 665 g/mol. The zero-order chi connectivity index (χ0) is 24.9. The molecule has 1 heterocycles. The van der Waals surface area contributed by atoms with Crippen molar-refractivity contribution >= 4 is 73.9 Å². The van der Waals surface area contributed by atoms with Gasteiger partial charge in [0.15, 0.2) is 5.50 Å². The number of nitrogens with one attached hydrogen (secondary N) is 2. The van der Waals surface area contributed by atoms with Crippen LogP contribution in [0.15, 0.2) is 70.0 Å². The third-order valence-electron chi connectivity index (χ3n) is 5.29. The second-order valence-corrected chi connectivity index (χ2v) is 10.9. The standard InChI is InChI=1S/C26H22BrIN2O4S/c1-2-15-5-9-19(10-6-15)29-26-30-24(31)22(35-26)13-17-11-20(27)23(21(28)12-17)34-14-16-3-7-18(8-4-16)25(32)33/h3-13,26,29H,2,14H2,1H3,(H,30,31)(H,32,33)/b22-13-/t26-/m0/s1. The molecule has 1 amide bonds. The second-order valence-electron chi connectivity index (χ2n) is 7.78. The number of thioether (sulfide) groups is 1. The van der Waals surface area contributed by atoms with E-state index in [1.54, 1.807) is 24.3 Å². The monoisotopic (exact) mass is 664 g/mol. The van der Waals surface area contributed by atoms with Crippen molar-refractivity contribution in [3.8, 4) is 5.75 Å². The summed E-state index contributed by atoms with van der Waals surface area (Å²) in [6, 6.07) is 18.7. The maximum Gasteiger partial charge on any atom is 0.335 e. The zero-order valence-electron chi connectivity index (χ0n) is 18.7. The van der Waals surface area contributed by atoms with Gasteiger partial charge in [0, 0.05) is 5.69 Å². The highest BCUT2D eigenvalue weighted by Crippen LogP contribution is 2.35. The number of halogens is 2. The molecule has 4 rings (SSSR count). The van der Waals surface area contributed by atoms with E-state index >= 15 is 0 Å². The number of carbonyl (C=O) groups excluding carboxylic acids is 1. The number of benzene rings is 3. The largest absolute Gasteiger partial charge is 0.487 e. The zero-order valence-corrected chi connectivity index (χ0v) is 23.2. The molecular weight excluding hydrogens is 643 g/mol. The van der Waals surface area contributed by atoms with Crippen LogP contribution >= 0.6 is 50.3 Å². The van der Waals surface area contributed by atoms with Crippen LogP contribution in [0.3, 0.4) is 0 Å². The molecule has 0 spiro atoms. The topological polar surface area (TPSA) is 87.7 Å². The van der Waals surface area contributed by atoms with Gasteiger partial charge in [-0.15, -0.1) is 0 Å². The van der Waals surface area contributed by atoms with Crippen molar-refractivity contribution < 1.29 is 19.4 Å². The third-order valence-corrected chi connectivity index (χ3v) is 7.71. The van der Waals surface area contributed by atoms with E-state index in [0.717, 1.165) is 31.3 Å². The maximum atomic E-state index is 12.5. The van der Waals surface area contributed by atoms with Crippen molar-refractivity contribution in [2.75, 3.05) is 5.32 Å². The molecule has 1 fully saturated rings. The minimum absolute atomic E-state index is 0.117. The van der Waals surface area contributed by atoms with Crippen molar-refractivity contribution in [1.82, 2.24) is 5.32 Å². The summed E-state index contributed by atoms with van der Waals surface area (Å²) in [6.07, 6.45) is 2.85. The summed E-state index contributed by atoms with van der Waals surface area (Å²) in [7, 11) is 0. The number of rotatable bonds is 8. The highest BCUT2D eigenvalue weighted by molar-refractivity contribution is 14.1. The number of aromatic carboxylic acids is 1. The van der Waals surface area contributed by atoms with Crippen LogP contribution in [0.5, 0.6) is 5.75 Å². The average Bonchev–Trinajstić information content (AvgIpc) is 3.17. The molecule has 35 heavy (non-hydrogen) atoms. The van der Waals surface area contributed by atoms with Crippen molar-refractivity contribution in [3.05, 3.63) is 95.9 Å². The fourth-order valence-electron chi connectivity index (χ4n) is 3.40. The van der Waals surface area contributed by atoms with Crippen molar-refractivity contribution in [1.29, 1.82) is 0 Å². The molecule has 3 aromatic rings. The SMILES string of the molecule is CCc1ccc(N[C@H]2NC(=O)/C(=C/c3cc(Br)c(OCc4ccc(C(=O)O)cc4)c(I)c3)S2)cc1. The van der Waals surface area contributed by atoms with Crippen LogP contribution in [-0.4, -0.2) is 22.5 Å². The lowest BCUT2D eigenvalue weighted by Crippen LogP contribution is -2.30. The Morgan fingerprint density at radius 3 is 2.49 bits per heavy atom. The van der Waals surface area contributed by atoms with Gasteiger partial charge in [-0.2, -0.15) is 0 Å². The molecule has 1 aliphatic rings. The van der Waals surface area contributed by atoms with Gasteiger partial charge >= 0.3 is 5.97 Å². The Hall–Kier alpha value is -2.50. The van der Waals surface area contributed by atoms with Gasteiger partial charge in [0.25, 0.3) is 5.91 Å². The molecule has 1 aliphatic heterocycles. The van der Waals surface area contributed by atoms with E-state index in [1.165, 1.54) is 17.3 Å². The van der Waals surface area contributed by atoms with Gasteiger partial charge in [-0.25, -0.2) is 4.79 Å². The molecule has 180 valence electrons. The summed E-state index contributed by atoms with van der Waals surface area (Å²) >= 11 is 7.22. The first-order valence-electron chi connectivity index (χ1n) is 10.8. The van der Waals surface area contributed by atoms with E-state index in [2.05, 4.69) is 68.2 Å². The fourth-order valence-corrected chi connectivity index (χ4v) is 6.16. The summed E-state index contributed by atoms with van der Waals surface area (Å²) < 4.78 is 7.64. The summed E-state index contributed by atoms with van der Waals surface area (Å²) in [5.74, 6) is -0.385. The van der Waals surface area contributed by atoms with E-state index in [9.17, 15) is 9.59 Å². The highest BCUT2D eigenvalue weighted by Gasteiger charge is 2.27. The van der Waals surface area contributed by atoms with Gasteiger partial charge in [0.2, 0.25) is 0 Å². The molecule has 0 saturated carbocycles. The molecule has 9 heteroatoms. The van der Waals surface area contributed by atoms with Crippen LogP contribution in [0.4, 0.5) is 5.69 Å². The number of ether oxygens (including phenoxy) is 1. The van der Waals surface area contributed by atoms with Gasteiger partial charge in [0.1, 0.15) is 12.4 Å². The third kappa shape index (κ3) is 6.59. The summed E-state index contributed by atoms with van der Waals surface area (Å²) in [5.41, 5.74) is 3.97. The van der Waals surface area contributed by atoms with Gasteiger partial charge in [-0.3, -0.25) is 4.79 Å². The number of amides is 1. The van der Waals surface area contributed by atoms with Crippen LogP contribution in [0.1, 0.15) is 34.0 Å². The van der Waals surface area contributed by atoms with Crippen molar-refractivity contribution in [3.63, 3.8) is 0 Å². The van der Waals surface area contributed by atoms with Gasteiger partial charge in [0.05, 0.1) is 18.5 Å². The maximum absolute atomic E-state index is 12.5. The molecule has 0 bridgehead atoms. The van der Waals surface area contributed by atoms with E-state index in [0.29, 0.717) is 17.3 Å². The number of carbonyl (C=O) groups is 2. The van der Waals surface area contributed by atoms with Crippen LogP contribution in [0.25, 0.3) is 6.08 Å². The molecule has 3 N–H and O–H groups in total. The van der Waals surface area contributed by atoms with Crippen LogP contribution < -0.4 is 15.4 Å². The first-order valence-corrected chi connectivity index (χ1v) is 13.6. The number of aryl methyl sites for hydroxylation is 1. The van der Waals surface area contributed by atoms with E-state index in [4.69, 9.17) is 9.84 Å². The molecule has 0 radical (unpaired) electrons. The Labute approximate surface area is 229 Å². The highest BCUT2D eigenvalue weighted by atomic mass is 127. The smallest absolute Gasteiger partial charge is 0.335 e. The Bertz CT molecular complexity index is 1260. The minimum atomic E-state index is -0.957. The molecule has 0 unspecified atom stereocenters. The lowest BCUT2D eigenvalue weighted by Gasteiger charge is -2.13. The van der Waals surface area contributed by atoms with E-state index in [-0.39, 0.29) is 17.0 Å². The number of hydrogen-bond acceptors (Lipinski definition) is 5. The van der Waals surface area contributed by atoms with Gasteiger partial charge in [-0.05, 0) is 104 Å². The number of carboxylic acids is 1. The lowest BCUT2D eigenvalue weighted by atomic mass is 10.1. The Morgan fingerprint density at radius 1 is 1.17 bits per heavy atom. The Balaban J connectivity index is 1.42.